The van der Waals surface area contributed by atoms with E-state index in [2.05, 4.69) is 25.9 Å². The van der Waals surface area contributed by atoms with Gasteiger partial charge in [-0.3, -0.25) is 4.79 Å². The van der Waals surface area contributed by atoms with E-state index < -0.39 is 0 Å². The molecule has 4 heteroatoms. The summed E-state index contributed by atoms with van der Waals surface area (Å²) in [5.41, 5.74) is 1.50. The van der Waals surface area contributed by atoms with E-state index >= 15 is 0 Å². The van der Waals surface area contributed by atoms with Crippen LogP contribution in [0.5, 0.6) is 0 Å². The van der Waals surface area contributed by atoms with E-state index in [0.29, 0.717) is 11.5 Å². The van der Waals surface area contributed by atoms with Crippen molar-refractivity contribution < 1.29 is 4.79 Å². The number of carbonyl (C=O) groups excluding carboxylic acids is 1. The Morgan fingerprint density at radius 2 is 2.00 bits per heavy atom. The third-order valence-electron chi connectivity index (χ3n) is 2.07. The van der Waals surface area contributed by atoms with Crippen LogP contribution in [-0.4, -0.2) is 15.8 Å². The van der Waals surface area contributed by atoms with Crippen molar-refractivity contribution in [2.24, 2.45) is 0 Å². The van der Waals surface area contributed by atoms with Gasteiger partial charge in [0.2, 0.25) is 0 Å². The smallest absolute Gasteiger partial charge is 0.177 e. The zero-order valence-corrected chi connectivity index (χ0v) is 9.71. The molecule has 0 atom stereocenters. The number of hydrogen-bond donors (Lipinski definition) is 1. The summed E-state index contributed by atoms with van der Waals surface area (Å²) in [6.07, 6.45) is 1.56. The minimum absolute atomic E-state index is 0.00846. The molecule has 15 heavy (non-hydrogen) atoms. The normalized spacial score (nSPS) is 10.3. The summed E-state index contributed by atoms with van der Waals surface area (Å²) >= 11 is 3.36. The molecule has 0 fully saturated rings. The summed E-state index contributed by atoms with van der Waals surface area (Å²) in [6.45, 7) is 1.51. The lowest BCUT2D eigenvalue weighted by atomic mass is 10.2. The largest absolute Gasteiger partial charge is 0.336 e. The van der Waals surface area contributed by atoms with E-state index in [1.165, 1.54) is 6.92 Å². The molecule has 0 aliphatic heterocycles. The van der Waals surface area contributed by atoms with Gasteiger partial charge in [-0.15, -0.1) is 0 Å². The van der Waals surface area contributed by atoms with E-state index in [1.807, 2.05) is 24.3 Å². The highest BCUT2D eigenvalue weighted by atomic mass is 79.9. The molecule has 3 nitrogen and oxygen atoms in total. The Hall–Kier alpha value is -1.42. The van der Waals surface area contributed by atoms with Gasteiger partial charge in [-0.1, -0.05) is 28.1 Å². The van der Waals surface area contributed by atoms with Crippen molar-refractivity contribution in [1.82, 2.24) is 9.97 Å². The maximum atomic E-state index is 11.1. The van der Waals surface area contributed by atoms with Crippen LogP contribution in [0.25, 0.3) is 11.4 Å². The first kappa shape index (κ1) is 10.1. The summed E-state index contributed by atoms with van der Waals surface area (Å²) in [7, 11) is 0. The van der Waals surface area contributed by atoms with Crippen LogP contribution in [0.15, 0.2) is 34.9 Å². The minimum Gasteiger partial charge on any atom is -0.336 e. The zero-order valence-electron chi connectivity index (χ0n) is 8.12. The van der Waals surface area contributed by atoms with Crippen molar-refractivity contribution in [2.45, 2.75) is 6.92 Å². The molecule has 0 saturated heterocycles. The average molecular weight is 265 g/mol. The number of aromatic nitrogens is 2. The molecule has 1 heterocycles. The second-order valence-electron chi connectivity index (χ2n) is 3.21. The van der Waals surface area contributed by atoms with Gasteiger partial charge >= 0.3 is 0 Å². The van der Waals surface area contributed by atoms with Gasteiger partial charge in [-0.25, -0.2) is 4.98 Å². The van der Waals surface area contributed by atoms with Crippen molar-refractivity contribution in [3.63, 3.8) is 0 Å². The SMILES string of the molecule is CC(=O)c1cnc(-c2ccc(Br)cc2)[nH]1. The second kappa shape index (κ2) is 3.98. The molecule has 2 rings (SSSR count). The third-order valence-corrected chi connectivity index (χ3v) is 2.60. The van der Waals surface area contributed by atoms with Gasteiger partial charge in [0.25, 0.3) is 0 Å². The number of ketones is 1. The van der Waals surface area contributed by atoms with E-state index in [1.54, 1.807) is 6.20 Å². The summed E-state index contributed by atoms with van der Waals surface area (Å²) < 4.78 is 1.02. The van der Waals surface area contributed by atoms with E-state index in [9.17, 15) is 4.79 Å². The van der Waals surface area contributed by atoms with E-state index in [0.717, 1.165) is 10.0 Å². The molecule has 0 aliphatic carbocycles. The van der Waals surface area contributed by atoms with Gasteiger partial charge in [0, 0.05) is 17.0 Å². The van der Waals surface area contributed by atoms with Gasteiger partial charge in [0.15, 0.2) is 5.78 Å². The molecule has 1 aromatic heterocycles. The van der Waals surface area contributed by atoms with Crippen molar-refractivity contribution in [2.75, 3.05) is 0 Å². The standard InChI is InChI=1S/C11H9BrN2O/c1-7(15)10-6-13-11(14-10)8-2-4-9(12)5-3-8/h2-6H,1H3,(H,13,14). The zero-order chi connectivity index (χ0) is 10.8. The molecule has 0 radical (unpaired) electrons. The van der Waals surface area contributed by atoms with Gasteiger partial charge in [-0.05, 0) is 12.1 Å². The fourth-order valence-electron chi connectivity index (χ4n) is 1.25. The van der Waals surface area contributed by atoms with E-state index in [-0.39, 0.29) is 5.78 Å². The van der Waals surface area contributed by atoms with Crippen LogP contribution in [0.3, 0.4) is 0 Å². The summed E-state index contributed by atoms with van der Waals surface area (Å²) in [6, 6.07) is 7.75. The predicted molar refractivity (Wildman–Crippen MR) is 61.7 cm³/mol. The maximum absolute atomic E-state index is 11.1. The number of Topliss-reactive ketones (excluding diaryl/α,β-unsaturated/α-hetero) is 1. The highest BCUT2D eigenvalue weighted by molar-refractivity contribution is 9.10. The molecule has 1 aromatic carbocycles. The van der Waals surface area contributed by atoms with Crippen LogP contribution >= 0.6 is 15.9 Å². The van der Waals surface area contributed by atoms with Crippen LogP contribution in [0.4, 0.5) is 0 Å². The fourth-order valence-corrected chi connectivity index (χ4v) is 1.52. The Morgan fingerprint density at radius 1 is 1.33 bits per heavy atom. The summed E-state index contributed by atoms with van der Waals surface area (Å²) in [5, 5.41) is 0. The lowest BCUT2D eigenvalue weighted by Gasteiger charge is -1.96. The fraction of sp³-hybridized carbons (Fsp3) is 0.0909. The first-order chi connectivity index (χ1) is 7.16. The lowest BCUT2D eigenvalue weighted by Crippen LogP contribution is -1.91. The second-order valence-corrected chi connectivity index (χ2v) is 4.12. The Kier molecular flexibility index (Phi) is 2.68. The number of aromatic amines is 1. The highest BCUT2D eigenvalue weighted by Crippen LogP contribution is 2.18. The van der Waals surface area contributed by atoms with Crippen molar-refractivity contribution in [1.29, 1.82) is 0 Å². The van der Waals surface area contributed by atoms with Crippen LogP contribution in [0.1, 0.15) is 17.4 Å². The first-order valence-corrected chi connectivity index (χ1v) is 5.28. The molecule has 0 spiro atoms. The number of hydrogen-bond acceptors (Lipinski definition) is 2. The number of imidazole rings is 1. The highest BCUT2D eigenvalue weighted by Gasteiger charge is 2.05. The minimum atomic E-state index is -0.00846. The number of carbonyl (C=O) groups is 1. The Bertz CT molecular complexity index is 488. The molecular formula is C11H9BrN2O. The van der Waals surface area contributed by atoms with Crippen LogP contribution in [-0.2, 0) is 0 Å². The molecule has 2 aromatic rings. The molecule has 0 amide bonds. The van der Waals surface area contributed by atoms with Crippen molar-refractivity contribution in [3.8, 4) is 11.4 Å². The molecule has 1 N–H and O–H groups in total. The van der Waals surface area contributed by atoms with Crippen LogP contribution in [0.2, 0.25) is 0 Å². The van der Waals surface area contributed by atoms with Gasteiger partial charge in [0.05, 0.1) is 6.20 Å². The maximum Gasteiger partial charge on any atom is 0.177 e. The van der Waals surface area contributed by atoms with Gasteiger partial charge < -0.3 is 4.98 Å². The quantitative estimate of drug-likeness (QED) is 0.848. The molecule has 0 aliphatic rings. The molecule has 76 valence electrons. The number of benzene rings is 1. The Morgan fingerprint density at radius 3 is 2.53 bits per heavy atom. The van der Waals surface area contributed by atoms with Crippen LogP contribution < -0.4 is 0 Å². The number of halogens is 1. The molecular weight excluding hydrogens is 256 g/mol. The van der Waals surface area contributed by atoms with Gasteiger partial charge in [-0.2, -0.15) is 0 Å². The van der Waals surface area contributed by atoms with Crippen LogP contribution in [0, 0.1) is 0 Å². The van der Waals surface area contributed by atoms with Crippen molar-refractivity contribution in [3.05, 3.63) is 40.6 Å². The third kappa shape index (κ3) is 2.15. The Labute approximate surface area is 95.7 Å². The molecule has 0 bridgehead atoms. The number of nitrogens with zero attached hydrogens (tertiary/aromatic N) is 1. The summed E-state index contributed by atoms with van der Waals surface area (Å²) in [4.78, 5) is 18.2. The number of rotatable bonds is 2. The van der Waals surface area contributed by atoms with Crippen molar-refractivity contribution >= 4 is 21.7 Å². The monoisotopic (exact) mass is 264 g/mol. The van der Waals surface area contributed by atoms with Gasteiger partial charge in [0.1, 0.15) is 11.5 Å². The molecule has 0 unspecified atom stereocenters. The number of H-pyrrole nitrogens is 1. The average Bonchev–Trinajstić information content (AvgIpc) is 2.68. The van der Waals surface area contributed by atoms with E-state index in [4.69, 9.17) is 0 Å². The first-order valence-electron chi connectivity index (χ1n) is 4.48. The topological polar surface area (TPSA) is 45.8 Å². The Balaban J connectivity index is 2.37. The molecule has 0 saturated carbocycles. The predicted octanol–water partition coefficient (Wildman–Crippen LogP) is 3.04. The lowest BCUT2D eigenvalue weighted by molar-refractivity contribution is 0.101. The number of nitrogens with one attached hydrogen (secondary N) is 1. The summed E-state index contributed by atoms with van der Waals surface area (Å²) in [5.74, 6) is 0.707.